The van der Waals surface area contributed by atoms with E-state index in [1.165, 1.54) is 11.8 Å². The second-order valence-electron chi connectivity index (χ2n) is 7.66. The average Bonchev–Trinajstić information content (AvgIpc) is 3.26. The lowest BCUT2D eigenvalue weighted by molar-refractivity contribution is -0.122. The SMILES string of the molecule is O=C1/C(=C2/C(=O)N(Cc3ccccc3)c3ccccc32)SC(=S)N1CCc1ccccc1. The molecule has 0 atom stereocenters. The van der Waals surface area contributed by atoms with Crippen molar-refractivity contribution < 1.29 is 9.59 Å². The number of carbonyl (C=O) groups is 2. The standard InChI is InChI=1S/C26H20N2O2S2/c29-24-22(20-13-7-8-14-21(20)28(24)17-19-11-5-2-6-12-19)23-25(30)27(26(31)32-23)16-15-18-9-3-1-4-10-18/h1-14H,15-17H2/b23-22-. The number of benzene rings is 3. The quantitative estimate of drug-likeness (QED) is 0.398. The fourth-order valence-corrected chi connectivity index (χ4v) is 5.43. The number of thiocarbonyl (C=S) groups is 1. The first-order valence-corrected chi connectivity index (χ1v) is 11.6. The third-order valence-corrected chi connectivity index (χ3v) is 7.10. The molecule has 0 spiro atoms. The number of anilines is 1. The summed E-state index contributed by atoms with van der Waals surface area (Å²) in [6.45, 7) is 0.948. The molecule has 158 valence electrons. The summed E-state index contributed by atoms with van der Waals surface area (Å²) >= 11 is 6.76. The van der Waals surface area contributed by atoms with Gasteiger partial charge in [0, 0.05) is 12.1 Å². The van der Waals surface area contributed by atoms with Crippen molar-refractivity contribution in [2.24, 2.45) is 0 Å². The van der Waals surface area contributed by atoms with Crippen molar-refractivity contribution in [2.75, 3.05) is 11.4 Å². The number of thioether (sulfide) groups is 1. The van der Waals surface area contributed by atoms with E-state index in [1.54, 1.807) is 9.80 Å². The lowest BCUT2D eigenvalue weighted by atomic mass is 10.1. The van der Waals surface area contributed by atoms with Gasteiger partial charge in [0.25, 0.3) is 11.8 Å². The molecule has 0 aromatic heterocycles. The van der Waals surface area contributed by atoms with Crippen molar-refractivity contribution in [2.45, 2.75) is 13.0 Å². The maximum absolute atomic E-state index is 13.5. The molecular weight excluding hydrogens is 436 g/mol. The van der Waals surface area contributed by atoms with E-state index in [-0.39, 0.29) is 11.8 Å². The number of nitrogens with zero attached hydrogens (tertiary/aromatic N) is 2. The highest BCUT2D eigenvalue weighted by Gasteiger charge is 2.41. The van der Waals surface area contributed by atoms with E-state index in [9.17, 15) is 9.59 Å². The minimum atomic E-state index is -0.185. The molecule has 2 heterocycles. The van der Waals surface area contributed by atoms with Gasteiger partial charge in [-0.2, -0.15) is 0 Å². The molecule has 1 fully saturated rings. The van der Waals surface area contributed by atoms with Crippen LogP contribution in [0.2, 0.25) is 0 Å². The van der Waals surface area contributed by atoms with Gasteiger partial charge in [0.15, 0.2) is 0 Å². The summed E-state index contributed by atoms with van der Waals surface area (Å²) in [6.07, 6.45) is 0.709. The van der Waals surface area contributed by atoms with Crippen LogP contribution in [0.5, 0.6) is 0 Å². The molecule has 5 rings (SSSR count). The van der Waals surface area contributed by atoms with Crippen LogP contribution >= 0.6 is 24.0 Å². The van der Waals surface area contributed by atoms with Gasteiger partial charge in [0.1, 0.15) is 4.32 Å². The molecule has 3 aromatic carbocycles. The molecule has 2 amide bonds. The molecule has 0 unspecified atom stereocenters. The molecule has 32 heavy (non-hydrogen) atoms. The third-order valence-electron chi connectivity index (χ3n) is 5.65. The van der Waals surface area contributed by atoms with Crippen LogP contribution in [-0.2, 0) is 22.6 Å². The maximum Gasteiger partial charge on any atom is 0.267 e. The van der Waals surface area contributed by atoms with Crippen LogP contribution < -0.4 is 4.90 Å². The van der Waals surface area contributed by atoms with Gasteiger partial charge in [-0.1, -0.05) is 103 Å². The molecule has 4 nitrogen and oxygen atoms in total. The summed E-state index contributed by atoms with van der Waals surface area (Å²) in [7, 11) is 0. The number of hydrogen-bond acceptors (Lipinski definition) is 4. The molecule has 1 saturated heterocycles. The molecule has 6 heteroatoms. The molecule has 0 radical (unpaired) electrons. The zero-order chi connectivity index (χ0) is 22.1. The Kier molecular flexibility index (Phi) is 5.64. The average molecular weight is 457 g/mol. The highest BCUT2D eigenvalue weighted by molar-refractivity contribution is 8.26. The molecular formula is C26H20N2O2S2. The number of rotatable bonds is 5. The van der Waals surface area contributed by atoms with Crippen molar-refractivity contribution in [3.8, 4) is 0 Å². The summed E-state index contributed by atoms with van der Waals surface area (Å²) in [5.41, 5.74) is 4.25. The summed E-state index contributed by atoms with van der Waals surface area (Å²) in [5.74, 6) is -0.339. The molecule has 0 N–H and O–H groups in total. The highest BCUT2D eigenvalue weighted by atomic mass is 32.2. The topological polar surface area (TPSA) is 40.6 Å². The van der Waals surface area contributed by atoms with Gasteiger partial charge in [-0.15, -0.1) is 0 Å². The normalized spacial score (nSPS) is 17.9. The van der Waals surface area contributed by atoms with Crippen molar-refractivity contribution >= 4 is 51.4 Å². The summed E-state index contributed by atoms with van der Waals surface area (Å²) in [4.78, 5) is 30.7. The number of fused-ring (bicyclic) bond motifs is 1. The minimum Gasteiger partial charge on any atom is -0.303 e. The van der Waals surface area contributed by atoms with Gasteiger partial charge < -0.3 is 4.90 Å². The molecule has 0 bridgehead atoms. The van der Waals surface area contributed by atoms with Crippen molar-refractivity contribution in [3.05, 3.63) is 107 Å². The van der Waals surface area contributed by atoms with Gasteiger partial charge >= 0.3 is 0 Å². The van der Waals surface area contributed by atoms with E-state index >= 15 is 0 Å². The van der Waals surface area contributed by atoms with E-state index in [0.717, 1.165) is 22.4 Å². The Bertz CT molecular complexity index is 1240. The van der Waals surface area contributed by atoms with E-state index in [0.29, 0.717) is 34.3 Å². The fraction of sp³-hybridized carbons (Fsp3) is 0.115. The Morgan fingerprint density at radius 3 is 2.06 bits per heavy atom. The van der Waals surface area contributed by atoms with Gasteiger partial charge in [-0.3, -0.25) is 14.5 Å². The Morgan fingerprint density at radius 1 is 0.719 bits per heavy atom. The van der Waals surface area contributed by atoms with Crippen LogP contribution in [0.15, 0.2) is 89.8 Å². The van der Waals surface area contributed by atoms with Crippen LogP contribution in [0.4, 0.5) is 5.69 Å². The van der Waals surface area contributed by atoms with Crippen LogP contribution in [0.1, 0.15) is 16.7 Å². The Morgan fingerprint density at radius 2 is 1.34 bits per heavy atom. The van der Waals surface area contributed by atoms with E-state index < -0.39 is 0 Å². The van der Waals surface area contributed by atoms with Crippen molar-refractivity contribution in [1.29, 1.82) is 0 Å². The zero-order valence-corrected chi connectivity index (χ0v) is 18.9. The molecule has 0 aliphatic carbocycles. The lowest BCUT2D eigenvalue weighted by Crippen LogP contribution is -2.31. The number of para-hydroxylation sites is 1. The van der Waals surface area contributed by atoms with Crippen LogP contribution in [0, 0.1) is 0 Å². The molecule has 2 aliphatic heterocycles. The lowest BCUT2D eigenvalue weighted by Gasteiger charge is -2.17. The Hall–Kier alpha value is -3.22. The first-order valence-electron chi connectivity index (χ1n) is 10.4. The minimum absolute atomic E-state index is 0.154. The Balaban J connectivity index is 1.46. The highest BCUT2D eigenvalue weighted by Crippen LogP contribution is 2.45. The Labute approximate surface area is 196 Å². The summed E-state index contributed by atoms with van der Waals surface area (Å²) in [6, 6.07) is 27.5. The largest absolute Gasteiger partial charge is 0.303 e. The molecule has 3 aromatic rings. The van der Waals surface area contributed by atoms with Crippen LogP contribution in [-0.4, -0.2) is 27.6 Å². The van der Waals surface area contributed by atoms with Gasteiger partial charge in [-0.25, -0.2) is 0 Å². The first kappa shape index (κ1) is 20.7. The van der Waals surface area contributed by atoms with Crippen molar-refractivity contribution in [1.82, 2.24) is 4.90 Å². The van der Waals surface area contributed by atoms with E-state index in [2.05, 4.69) is 0 Å². The second-order valence-corrected chi connectivity index (χ2v) is 9.30. The summed E-state index contributed by atoms with van der Waals surface area (Å²) in [5, 5.41) is 0. The maximum atomic E-state index is 13.5. The number of carbonyl (C=O) groups excluding carboxylic acids is 2. The smallest absolute Gasteiger partial charge is 0.267 e. The predicted octanol–water partition coefficient (Wildman–Crippen LogP) is 5.05. The van der Waals surface area contributed by atoms with Crippen LogP contribution in [0.25, 0.3) is 5.57 Å². The van der Waals surface area contributed by atoms with E-state index in [4.69, 9.17) is 12.2 Å². The van der Waals surface area contributed by atoms with E-state index in [1.807, 2.05) is 84.9 Å². The third kappa shape index (κ3) is 3.76. The monoisotopic (exact) mass is 456 g/mol. The van der Waals surface area contributed by atoms with Crippen LogP contribution in [0.3, 0.4) is 0 Å². The van der Waals surface area contributed by atoms with Gasteiger partial charge in [-0.05, 0) is 23.6 Å². The van der Waals surface area contributed by atoms with Gasteiger partial charge in [0.05, 0.1) is 22.7 Å². The number of amides is 2. The fourth-order valence-electron chi connectivity index (χ4n) is 4.05. The molecule has 0 saturated carbocycles. The zero-order valence-electron chi connectivity index (χ0n) is 17.2. The predicted molar refractivity (Wildman–Crippen MR) is 133 cm³/mol. The number of hydrogen-bond donors (Lipinski definition) is 0. The van der Waals surface area contributed by atoms with Gasteiger partial charge in [0.2, 0.25) is 0 Å². The summed E-state index contributed by atoms with van der Waals surface area (Å²) < 4.78 is 0.500. The first-order chi connectivity index (χ1) is 15.6. The molecule has 2 aliphatic rings. The van der Waals surface area contributed by atoms with Crippen molar-refractivity contribution in [3.63, 3.8) is 0 Å². The second kappa shape index (κ2) is 8.73.